The van der Waals surface area contributed by atoms with Crippen molar-refractivity contribution in [2.75, 3.05) is 25.1 Å². The van der Waals surface area contributed by atoms with Crippen molar-refractivity contribution in [3.8, 4) is 5.75 Å². The molecule has 2 rings (SSSR count). The Morgan fingerprint density at radius 2 is 2.19 bits per heavy atom. The maximum absolute atomic E-state index is 6.48. The summed E-state index contributed by atoms with van der Waals surface area (Å²) in [6.45, 7) is 11.0. The van der Waals surface area contributed by atoms with Crippen molar-refractivity contribution in [1.82, 2.24) is 5.32 Å². The molecule has 1 fully saturated rings. The van der Waals surface area contributed by atoms with Crippen molar-refractivity contribution in [1.29, 1.82) is 0 Å². The van der Waals surface area contributed by atoms with E-state index in [0.717, 1.165) is 36.0 Å². The van der Waals surface area contributed by atoms with Gasteiger partial charge in [0.1, 0.15) is 5.75 Å². The first-order valence-corrected chi connectivity index (χ1v) is 8.13. The first-order valence-electron chi connectivity index (χ1n) is 7.75. The zero-order valence-corrected chi connectivity index (χ0v) is 14.5. The number of halogens is 1. The highest BCUT2D eigenvalue weighted by molar-refractivity contribution is 6.33. The second-order valence-corrected chi connectivity index (χ2v) is 6.96. The van der Waals surface area contributed by atoms with Crippen LogP contribution in [-0.2, 0) is 0 Å². The molecule has 0 bridgehead atoms. The van der Waals surface area contributed by atoms with Gasteiger partial charge in [0.05, 0.1) is 17.8 Å². The van der Waals surface area contributed by atoms with Gasteiger partial charge in [-0.25, -0.2) is 0 Å². The van der Waals surface area contributed by atoms with Gasteiger partial charge in [0.2, 0.25) is 0 Å². The summed E-state index contributed by atoms with van der Waals surface area (Å²) in [6.07, 6.45) is 1.09. The summed E-state index contributed by atoms with van der Waals surface area (Å²) in [5, 5.41) is 4.50. The first kappa shape index (κ1) is 16.4. The Balaban J connectivity index is 2.40. The van der Waals surface area contributed by atoms with E-state index in [0.29, 0.717) is 12.0 Å². The number of rotatable bonds is 4. The van der Waals surface area contributed by atoms with Crippen LogP contribution in [0.3, 0.4) is 0 Å². The Morgan fingerprint density at radius 3 is 2.76 bits per heavy atom. The number of nitrogens with zero attached hydrogens (tertiary/aromatic N) is 1. The predicted molar refractivity (Wildman–Crippen MR) is 90.7 cm³/mol. The third-order valence-corrected chi connectivity index (χ3v) is 4.99. The lowest BCUT2D eigenvalue weighted by Gasteiger charge is -2.49. The van der Waals surface area contributed by atoms with Crippen LogP contribution in [0.15, 0.2) is 18.2 Å². The number of anilines is 1. The Labute approximate surface area is 133 Å². The highest BCUT2D eigenvalue weighted by Gasteiger charge is 2.36. The van der Waals surface area contributed by atoms with Crippen LogP contribution in [0.4, 0.5) is 5.69 Å². The molecule has 0 amide bonds. The van der Waals surface area contributed by atoms with Gasteiger partial charge in [-0.05, 0) is 31.4 Å². The summed E-state index contributed by atoms with van der Waals surface area (Å²) in [7, 11) is 1.70. The molecule has 1 aliphatic rings. The third-order valence-electron chi connectivity index (χ3n) is 4.67. The minimum Gasteiger partial charge on any atom is -0.497 e. The minimum atomic E-state index is 0.123. The maximum Gasteiger partial charge on any atom is 0.121 e. The number of ether oxygens (including phenoxy) is 1. The lowest BCUT2D eigenvalue weighted by Crippen LogP contribution is -2.64. The second-order valence-electron chi connectivity index (χ2n) is 6.55. The Morgan fingerprint density at radius 1 is 1.48 bits per heavy atom. The van der Waals surface area contributed by atoms with E-state index in [9.17, 15) is 0 Å². The lowest BCUT2D eigenvalue weighted by atomic mass is 9.89. The van der Waals surface area contributed by atoms with Gasteiger partial charge in [0, 0.05) is 30.7 Å². The molecule has 118 valence electrons. The molecular formula is C17H27ClN2O. The molecule has 1 aromatic carbocycles. The Bertz CT molecular complexity index is 492. The highest BCUT2D eigenvalue weighted by atomic mass is 35.5. The van der Waals surface area contributed by atoms with Crippen molar-refractivity contribution in [2.45, 2.75) is 45.7 Å². The van der Waals surface area contributed by atoms with Gasteiger partial charge in [0.25, 0.3) is 0 Å². The zero-order valence-electron chi connectivity index (χ0n) is 13.7. The van der Waals surface area contributed by atoms with Crippen molar-refractivity contribution >= 4 is 17.3 Å². The Kier molecular flexibility index (Phi) is 5.05. The van der Waals surface area contributed by atoms with Gasteiger partial charge in [-0.2, -0.15) is 0 Å². The Hall–Kier alpha value is -0.930. The van der Waals surface area contributed by atoms with Gasteiger partial charge in [0.15, 0.2) is 0 Å². The minimum absolute atomic E-state index is 0.123. The molecule has 21 heavy (non-hydrogen) atoms. The molecular weight excluding hydrogens is 284 g/mol. The molecule has 1 aliphatic heterocycles. The molecule has 1 saturated heterocycles. The fourth-order valence-electron chi connectivity index (χ4n) is 2.95. The average Bonchev–Trinajstić information content (AvgIpc) is 2.47. The van der Waals surface area contributed by atoms with Crippen LogP contribution in [-0.4, -0.2) is 31.8 Å². The molecule has 2 unspecified atom stereocenters. The molecule has 3 nitrogen and oxygen atoms in total. The van der Waals surface area contributed by atoms with Gasteiger partial charge in [-0.3, -0.25) is 0 Å². The van der Waals surface area contributed by atoms with E-state index >= 15 is 0 Å². The average molecular weight is 311 g/mol. The summed E-state index contributed by atoms with van der Waals surface area (Å²) in [5.41, 5.74) is 1.20. The highest BCUT2D eigenvalue weighted by Crippen LogP contribution is 2.35. The normalized spacial score (nSPS) is 26.2. The molecule has 0 spiro atoms. The molecule has 1 heterocycles. The lowest BCUT2D eigenvalue weighted by molar-refractivity contribution is 0.253. The fourth-order valence-corrected chi connectivity index (χ4v) is 3.17. The van der Waals surface area contributed by atoms with Gasteiger partial charge in [-0.1, -0.05) is 32.4 Å². The van der Waals surface area contributed by atoms with Gasteiger partial charge in [-0.15, -0.1) is 0 Å². The predicted octanol–water partition coefficient (Wildman–Crippen LogP) is 3.95. The second kappa shape index (κ2) is 6.45. The summed E-state index contributed by atoms with van der Waals surface area (Å²) >= 11 is 6.48. The molecule has 0 aromatic heterocycles. The summed E-state index contributed by atoms with van der Waals surface area (Å²) in [6, 6.07) is 6.34. The quantitative estimate of drug-likeness (QED) is 0.911. The molecule has 0 saturated carbocycles. The van der Waals surface area contributed by atoms with Gasteiger partial charge >= 0.3 is 0 Å². The van der Waals surface area contributed by atoms with E-state index in [2.05, 4.69) is 44.0 Å². The van der Waals surface area contributed by atoms with Crippen LogP contribution in [0, 0.1) is 5.92 Å². The molecule has 0 aliphatic carbocycles. The summed E-state index contributed by atoms with van der Waals surface area (Å²) in [5.74, 6) is 1.41. The molecule has 4 heteroatoms. The third kappa shape index (κ3) is 3.46. The smallest absolute Gasteiger partial charge is 0.121 e. The number of methoxy groups -OCH3 is 1. The number of benzene rings is 1. The fraction of sp³-hybridized carbons (Fsp3) is 0.647. The maximum atomic E-state index is 6.48. The molecule has 2 atom stereocenters. The molecule has 1 aromatic rings. The SMILES string of the molecule is CCC1(C)CN(c2cc(OC)ccc2Cl)C(C(C)C)CN1. The van der Waals surface area contributed by atoms with Crippen LogP contribution in [0.2, 0.25) is 5.02 Å². The molecule has 0 radical (unpaired) electrons. The number of nitrogens with one attached hydrogen (secondary N) is 1. The number of hydrogen-bond acceptors (Lipinski definition) is 3. The van der Waals surface area contributed by atoms with Crippen LogP contribution < -0.4 is 15.0 Å². The van der Waals surface area contributed by atoms with Crippen LogP contribution in [0.5, 0.6) is 5.75 Å². The standard InChI is InChI=1S/C17H27ClN2O/c1-6-17(4)11-20(16(10-19-17)12(2)3)15-9-13(21-5)7-8-14(15)18/h7-9,12,16,19H,6,10-11H2,1-5H3. The van der Waals surface area contributed by atoms with Crippen LogP contribution in [0.1, 0.15) is 34.1 Å². The van der Waals surface area contributed by atoms with Crippen molar-refractivity contribution < 1.29 is 4.74 Å². The largest absolute Gasteiger partial charge is 0.497 e. The van der Waals surface area contributed by atoms with E-state index in [1.54, 1.807) is 7.11 Å². The number of piperazine rings is 1. The van der Waals surface area contributed by atoms with Crippen molar-refractivity contribution in [2.24, 2.45) is 5.92 Å². The first-order chi connectivity index (χ1) is 9.90. The number of hydrogen-bond donors (Lipinski definition) is 1. The van der Waals surface area contributed by atoms with Crippen LogP contribution >= 0.6 is 11.6 Å². The summed E-state index contributed by atoms with van der Waals surface area (Å²) in [4.78, 5) is 2.45. The van der Waals surface area contributed by atoms with E-state index < -0.39 is 0 Å². The molecule has 1 N–H and O–H groups in total. The van der Waals surface area contributed by atoms with E-state index in [1.165, 1.54) is 0 Å². The van der Waals surface area contributed by atoms with E-state index in [1.807, 2.05) is 12.1 Å². The van der Waals surface area contributed by atoms with E-state index in [4.69, 9.17) is 16.3 Å². The van der Waals surface area contributed by atoms with Crippen molar-refractivity contribution in [3.63, 3.8) is 0 Å². The van der Waals surface area contributed by atoms with Crippen LogP contribution in [0.25, 0.3) is 0 Å². The van der Waals surface area contributed by atoms with E-state index in [-0.39, 0.29) is 5.54 Å². The summed E-state index contributed by atoms with van der Waals surface area (Å²) < 4.78 is 5.37. The topological polar surface area (TPSA) is 24.5 Å². The van der Waals surface area contributed by atoms with Crippen molar-refractivity contribution in [3.05, 3.63) is 23.2 Å². The van der Waals surface area contributed by atoms with Gasteiger partial charge < -0.3 is 15.0 Å². The monoisotopic (exact) mass is 310 g/mol. The zero-order chi connectivity index (χ0) is 15.6.